The maximum atomic E-state index is 13.0. The summed E-state index contributed by atoms with van der Waals surface area (Å²) in [5, 5.41) is 6.71. The first-order valence-electron chi connectivity index (χ1n) is 9.91. The van der Waals surface area contributed by atoms with Crippen molar-refractivity contribution < 1.29 is 13.9 Å². The van der Waals surface area contributed by atoms with Crippen molar-refractivity contribution in [1.29, 1.82) is 0 Å². The first-order valence-corrected chi connectivity index (χ1v) is 10.7. The van der Waals surface area contributed by atoms with E-state index < -0.39 is 0 Å². The van der Waals surface area contributed by atoms with E-state index in [2.05, 4.69) is 15.6 Å². The third-order valence-corrected chi connectivity index (χ3v) is 5.54. The predicted molar refractivity (Wildman–Crippen MR) is 124 cm³/mol. The van der Waals surface area contributed by atoms with E-state index in [1.54, 1.807) is 24.3 Å². The molecule has 2 heterocycles. The standard InChI is InChI=1S/C24H21FN4O2S/c25-17-8-6-16(7-9-17)14-27-21-12-11-20(23(26)29-21)24(30)28-15-19-10-13-22(32-19)31-18-4-2-1-3-5-18/h1-13H,14-15H2,(H,28,30)(H3,26,27,29). The van der Waals surface area contributed by atoms with Crippen molar-refractivity contribution in [1.82, 2.24) is 10.3 Å². The second-order valence-corrected chi connectivity index (χ2v) is 8.06. The number of anilines is 2. The van der Waals surface area contributed by atoms with E-state index in [9.17, 15) is 9.18 Å². The van der Waals surface area contributed by atoms with Crippen LogP contribution in [0.2, 0.25) is 0 Å². The van der Waals surface area contributed by atoms with Gasteiger partial charge in [0.25, 0.3) is 5.91 Å². The fraction of sp³-hybridized carbons (Fsp3) is 0.0833. The number of thiophene rings is 1. The first-order chi connectivity index (χ1) is 15.6. The lowest BCUT2D eigenvalue weighted by molar-refractivity contribution is 0.0952. The molecule has 4 N–H and O–H groups in total. The van der Waals surface area contributed by atoms with Crippen molar-refractivity contribution >= 4 is 28.9 Å². The van der Waals surface area contributed by atoms with Gasteiger partial charge in [0.05, 0.1) is 12.1 Å². The Labute approximate surface area is 188 Å². The molecule has 8 heteroatoms. The molecule has 2 aromatic carbocycles. The van der Waals surface area contributed by atoms with Gasteiger partial charge in [0.2, 0.25) is 0 Å². The van der Waals surface area contributed by atoms with E-state index in [4.69, 9.17) is 10.5 Å². The fourth-order valence-electron chi connectivity index (χ4n) is 2.94. The Balaban J connectivity index is 1.31. The lowest BCUT2D eigenvalue weighted by Gasteiger charge is -2.10. The van der Waals surface area contributed by atoms with Gasteiger partial charge in [-0.1, -0.05) is 30.3 Å². The maximum Gasteiger partial charge on any atom is 0.255 e. The molecule has 6 nitrogen and oxygen atoms in total. The van der Waals surface area contributed by atoms with Gasteiger partial charge in [0, 0.05) is 11.4 Å². The number of rotatable bonds is 8. The molecule has 0 aliphatic heterocycles. The highest BCUT2D eigenvalue weighted by molar-refractivity contribution is 7.13. The van der Waals surface area contributed by atoms with Crippen molar-refractivity contribution in [3.05, 3.63) is 101 Å². The molecular formula is C24H21FN4O2S. The van der Waals surface area contributed by atoms with Crippen molar-refractivity contribution in [3.8, 4) is 10.8 Å². The van der Waals surface area contributed by atoms with Crippen LogP contribution in [0.4, 0.5) is 16.0 Å². The van der Waals surface area contributed by atoms with E-state index in [1.165, 1.54) is 23.5 Å². The summed E-state index contributed by atoms with van der Waals surface area (Å²) in [6, 6.07) is 22.8. The minimum atomic E-state index is -0.306. The Morgan fingerprint density at radius 3 is 2.50 bits per heavy atom. The molecule has 0 fully saturated rings. The normalized spacial score (nSPS) is 10.5. The molecule has 0 saturated carbocycles. The molecule has 0 atom stereocenters. The van der Waals surface area contributed by atoms with Crippen LogP contribution in [0.3, 0.4) is 0 Å². The number of nitrogen functional groups attached to an aromatic ring is 1. The number of pyridine rings is 1. The second-order valence-electron chi connectivity index (χ2n) is 6.93. The molecule has 32 heavy (non-hydrogen) atoms. The molecular weight excluding hydrogens is 427 g/mol. The monoisotopic (exact) mass is 448 g/mol. The molecule has 0 radical (unpaired) electrons. The van der Waals surface area contributed by atoms with E-state index in [0.29, 0.717) is 24.5 Å². The lowest BCUT2D eigenvalue weighted by Crippen LogP contribution is -2.24. The molecule has 4 aromatic rings. The van der Waals surface area contributed by atoms with Crippen LogP contribution in [-0.2, 0) is 13.1 Å². The maximum absolute atomic E-state index is 13.0. The number of carbonyl (C=O) groups is 1. The molecule has 0 aliphatic carbocycles. The average Bonchev–Trinajstić information content (AvgIpc) is 3.25. The van der Waals surface area contributed by atoms with Crippen molar-refractivity contribution in [2.45, 2.75) is 13.1 Å². The molecule has 162 valence electrons. The summed E-state index contributed by atoms with van der Waals surface area (Å²) in [6.45, 7) is 0.815. The number of ether oxygens (including phenoxy) is 1. The van der Waals surface area contributed by atoms with Crippen LogP contribution in [-0.4, -0.2) is 10.9 Å². The Kier molecular flexibility index (Phi) is 6.62. The Bertz CT molecular complexity index is 1200. The van der Waals surface area contributed by atoms with Crippen molar-refractivity contribution in [2.24, 2.45) is 0 Å². The topological polar surface area (TPSA) is 89.3 Å². The smallest absolute Gasteiger partial charge is 0.255 e. The molecule has 0 unspecified atom stereocenters. The van der Waals surface area contributed by atoms with Gasteiger partial charge in [0.15, 0.2) is 5.06 Å². The average molecular weight is 449 g/mol. The molecule has 1 amide bonds. The number of nitrogens with two attached hydrogens (primary N) is 1. The number of benzene rings is 2. The Hall–Kier alpha value is -3.91. The summed E-state index contributed by atoms with van der Waals surface area (Å²) in [7, 11) is 0. The summed E-state index contributed by atoms with van der Waals surface area (Å²) in [4.78, 5) is 17.7. The van der Waals surface area contributed by atoms with Gasteiger partial charge in [-0.25, -0.2) is 9.37 Å². The summed E-state index contributed by atoms with van der Waals surface area (Å²) in [5.41, 5.74) is 7.19. The number of aromatic nitrogens is 1. The third kappa shape index (κ3) is 5.61. The van der Waals surface area contributed by atoms with E-state index in [-0.39, 0.29) is 17.5 Å². The number of nitrogens with one attached hydrogen (secondary N) is 2. The van der Waals surface area contributed by atoms with Crippen LogP contribution < -0.4 is 21.1 Å². The van der Waals surface area contributed by atoms with Crippen LogP contribution in [0.1, 0.15) is 20.8 Å². The number of amides is 1. The van der Waals surface area contributed by atoms with Crippen LogP contribution in [0, 0.1) is 5.82 Å². The summed E-state index contributed by atoms with van der Waals surface area (Å²) < 4.78 is 18.8. The largest absolute Gasteiger partial charge is 0.447 e. The first kappa shape index (κ1) is 21.3. The number of carbonyl (C=O) groups excluding carboxylic acids is 1. The second kappa shape index (κ2) is 9.93. The molecule has 0 saturated heterocycles. The van der Waals surface area contributed by atoms with Gasteiger partial charge >= 0.3 is 0 Å². The quantitative estimate of drug-likeness (QED) is 0.345. The van der Waals surface area contributed by atoms with Crippen molar-refractivity contribution in [2.75, 3.05) is 11.1 Å². The molecule has 4 rings (SSSR count). The number of hydrogen-bond acceptors (Lipinski definition) is 6. The SMILES string of the molecule is Nc1nc(NCc2ccc(F)cc2)ccc1C(=O)NCc1ccc(Oc2ccccc2)s1. The number of halogens is 1. The highest BCUT2D eigenvalue weighted by Gasteiger charge is 2.12. The number of hydrogen-bond donors (Lipinski definition) is 3. The molecule has 0 spiro atoms. The third-order valence-electron chi connectivity index (χ3n) is 4.58. The Morgan fingerprint density at radius 2 is 1.75 bits per heavy atom. The highest BCUT2D eigenvalue weighted by Crippen LogP contribution is 2.29. The number of nitrogens with zero attached hydrogens (tertiary/aromatic N) is 1. The minimum absolute atomic E-state index is 0.130. The summed E-state index contributed by atoms with van der Waals surface area (Å²) in [6.07, 6.45) is 0. The predicted octanol–water partition coefficient (Wildman–Crippen LogP) is 5.20. The van der Waals surface area contributed by atoms with Gasteiger partial charge in [-0.2, -0.15) is 0 Å². The molecule has 0 bridgehead atoms. The van der Waals surface area contributed by atoms with Gasteiger partial charge in [0.1, 0.15) is 23.2 Å². The fourth-order valence-corrected chi connectivity index (χ4v) is 3.75. The summed E-state index contributed by atoms with van der Waals surface area (Å²) in [5.74, 6) is 0.833. The van der Waals surface area contributed by atoms with Crippen molar-refractivity contribution in [3.63, 3.8) is 0 Å². The van der Waals surface area contributed by atoms with Crippen LogP contribution in [0.15, 0.2) is 78.9 Å². The highest BCUT2D eigenvalue weighted by atomic mass is 32.1. The number of para-hydroxylation sites is 1. The zero-order valence-corrected chi connectivity index (χ0v) is 17.9. The molecule has 0 aliphatic rings. The van der Waals surface area contributed by atoms with E-state index >= 15 is 0 Å². The van der Waals surface area contributed by atoms with Gasteiger partial charge in [-0.3, -0.25) is 4.79 Å². The molecule has 2 aromatic heterocycles. The van der Waals surface area contributed by atoms with Crippen LogP contribution >= 0.6 is 11.3 Å². The zero-order valence-electron chi connectivity index (χ0n) is 17.0. The lowest BCUT2D eigenvalue weighted by atomic mass is 10.2. The zero-order chi connectivity index (χ0) is 22.3. The minimum Gasteiger partial charge on any atom is -0.447 e. The van der Waals surface area contributed by atoms with Crippen LogP contribution in [0.25, 0.3) is 0 Å². The Morgan fingerprint density at radius 1 is 0.969 bits per heavy atom. The van der Waals surface area contributed by atoms with E-state index in [0.717, 1.165) is 21.3 Å². The van der Waals surface area contributed by atoms with Gasteiger partial charge in [-0.05, 0) is 54.1 Å². The van der Waals surface area contributed by atoms with Gasteiger partial charge in [-0.15, -0.1) is 11.3 Å². The van der Waals surface area contributed by atoms with E-state index in [1.807, 2.05) is 42.5 Å². The van der Waals surface area contributed by atoms with Gasteiger partial charge < -0.3 is 21.1 Å². The van der Waals surface area contributed by atoms with Crippen LogP contribution in [0.5, 0.6) is 10.8 Å². The summed E-state index contributed by atoms with van der Waals surface area (Å²) >= 11 is 1.46.